The van der Waals surface area contributed by atoms with Gasteiger partial charge in [-0.2, -0.15) is 0 Å². The zero-order valence-electron chi connectivity index (χ0n) is 17.1. The summed E-state index contributed by atoms with van der Waals surface area (Å²) in [4.78, 5) is 12.2. The van der Waals surface area contributed by atoms with Gasteiger partial charge < -0.3 is 19.3 Å². The number of carbonyl (C=O) groups excluding carboxylic acids is 1. The lowest BCUT2D eigenvalue weighted by Gasteiger charge is -2.15. The van der Waals surface area contributed by atoms with Crippen molar-refractivity contribution in [2.75, 3.05) is 32.1 Å². The second-order valence-electron chi connectivity index (χ2n) is 5.67. The van der Waals surface area contributed by atoms with Crippen molar-refractivity contribution in [3.8, 4) is 0 Å². The second kappa shape index (κ2) is 13.2. The Bertz CT molecular complexity index is 893. The number of halogens is 2. The van der Waals surface area contributed by atoms with Crippen molar-refractivity contribution < 1.29 is 23.4 Å². The van der Waals surface area contributed by atoms with Crippen molar-refractivity contribution in [3.63, 3.8) is 0 Å². The maximum absolute atomic E-state index is 12.2. The van der Waals surface area contributed by atoms with Gasteiger partial charge in [-0.3, -0.25) is 10.1 Å². The van der Waals surface area contributed by atoms with Gasteiger partial charge in [-0.05, 0) is 43.9 Å². The molecule has 1 unspecified atom stereocenters. The highest BCUT2D eigenvalue weighted by Gasteiger charge is 2.15. The molecule has 0 amide bonds. The van der Waals surface area contributed by atoms with Crippen molar-refractivity contribution in [1.29, 1.82) is 0 Å². The number of aryl methyl sites for hydroxylation is 1. The van der Waals surface area contributed by atoms with Crippen LogP contribution >= 0.6 is 41.3 Å². The zero-order chi connectivity index (χ0) is 22.7. The number of hydrogen-bond acceptors (Lipinski definition) is 7. The Morgan fingerprint density at radius 3 is 2.47 bits per heavy atom. The zero-order valence-corrected chi connectivity index (χ0v) is 20.3. The first-order valence-corrected chi connectivity index (χ1v) is 13.0. The number of carbonyl (C=O) groups is 1. The lowest BCUT2D eigenvalue weighted by atomic mass is 10.1. The molecule has 0 radical (unpaired) electrons. The van der Waals surface area contributed by atoms with Gasteiger partial charge in [0.15, 0.2) is 6.79 Å². The molecule has 0 aliphatic rings. The van der Waals surface area contributed by atoms with Crippen molar-refractivity contribution >= 4 is 58.6 Å². The van der Waals surface area contributed by atoms with Crippen molar-refractivity contribution in [1.82, 2.24) is 0 Å². The van der Waals surface area contributed by atoms with E-state index in [1.165, 1.54) is 7.11 Å². The molecule has 3 N–H and O–H groups in total. The van der Waals surface area contributed by atoms with E-state index in [-0.39, 0.29) is 6.79 Å². The Hall–Kier alpha value is -1.25. The fraction of sp³-hybridized carbons (Fsp3) is 0.316. The third-order valence-electron chi connectivity index (χ3n) is 3.68. The molecule has 0 heterocycles. The van der Waals surface area contributed by atoms with Crippen LogP contribution in [0.1, 0.15) is 22.8 Å². The topological polar surface area (TPSA) is 99.9 Å². The van der Waals surface area contributed by atoms with Gasteiger partial charge >= 0.3 is 12.7 Å². The molecular weight excluding hydrogens is 470 g/mol. The lowest BCUT2D eigenvalue weighted by molar-refractivity contribution is -0.0273. The molecule has 0 fully saturated rings. The predicted octanol–water partition coefficient (Wildman–Crippen LogP) is 6.26. The minimum atomic E-state index is -2.74. The van der Waals surface area contributed by atoms with Crippen LogP contribution in [0, 0.1) is 6.92 Å². The molecule has 11 heteroatoms. The van der Waals surface area contributed by atoms with Crippen LogP contribution < -0.4 is 10.8 Å². The molecule has 0 aliphatic carbocycles. The van der Waals surface area contributed by atoms with Crippen molar-refractivity contribution in [2.45, 2.75) is 13.8 Å². The van der Waals surface area contributed by atoms with Crippen LogP contribution in [0.15, 0.2) is 36.4 Å². The Kier molecular flexibility index (Phi) is 11.8. The summed E-state index contributed by atoms with van der Waals surface area (Å²) in [5.41, 5.74) is 7.38. The summed E-state index contributed by atoms with van der Waals surface area (Å²) in [6, 6.07) is 10.6. The summed E-state index contributed by atoms with van der Waals surface area (Å²) in [6.45, 7) is 1.35. The summed E-state index contributed by atoms with van der Waals surface area (Å²) in [6.07, 6.45) is 1.64. The van der Waals surface area contributed by atoms with Crippen molar-refractivity contribution in [2.24, 2.45) is 5.50 Å². The Balaban J connectivity index is 0.000000553. The fourth-order valence-electron chi connectivity index (χ4n) is 2.01. The third kappa shape index (κ3) is 8.47. The normalized spacial score (nSPS) is 12.4. The van der Waals surface area contributed by atoms with Crippen LogP contribution in [-0.2, 0) is 18.6 Å². The number of nitrogens with one attached hydrogen (secondary N) is 1. The number of ether oxygens (including phenoxy) is 2. The standard InChI is InChI=1S/C17H17Cl2NO3.C2H8NO2PS/c1-3-22-10-23-17(21)12-6-4-5-7-14(12)20-16-13(18)9-8-11(2)15(16)19;1-5-6(3,4)7-2/h4-9,20H,3,10H2,1-2H3;1-2H3,(H2,3,4). The first-order chi connectivity index (χ1) is 14.2. The molecule has 2 aromatic rings. The first-order valence-electron chi connectivity index (χ1n) is 8.72. The predicted molar refractivity (Wildman–Crippen MR) is 125 cm³/mol. The molecular formula is C19H25Cl2N2O5PS. The van der Waals surface area contributed by atoms with Gasteiger partial charge in [0, 0.05) is 13.7 Å². The Morgan fingerprint density at radius 1 is 1.23 bits per heavy atom. The summed E-state index contributed by atoms with van der Waals surface area (Å²) < 4.78 is 24.9. The van der Waals surface area contributed by atoms with Crippen LogP contribution in [-0.4, -0.2) is 32.7 Å². The fourth-order valence-corrected chi connectivity index (χ4v) is 3.07. The number of benzene rings is 2. The van der Waals surface area contributed by atoms with Gasteiger partial charge in [0.1, 0.15) is 0 Å². The SMILES string of the molecule is CCOCOC(=O)c1ccccc1Nc1c(Cl)ccc(C)c1Cl.COP(N)(=O)SC. The van der Waals surface area contributed by atoms with E-state index in [1.54, 1.807) is 36.6 Å². The molecule has 30 heavy (non-hydrogen) atoms. The quantitative estimate of drug-likeness (QED) is 0.192. The number of nitrogens with two attached hydrogens (primary N) is 1. The summed E-state index contributed by atoms with van der Waals surface area (Å²) in [7, 11) is 1.33. The molecule has 0 aliphatic heterocycles. The average molecular weight is 495 g/mol. The summed E-state index contributed by atoms with van der Waals surface area (Å²) in [5, 5.41) is 4.10. The van der Waals surface area contributed by atoms with Gasteiger partial charge in [0.25, 0.3) is 0 Å². The van der Waals surface area contributed by atoms with E-state index in [9.17, 15) is 9.36 Å². The van der Waals surface area contributed by atoms with Crippen LogP contribution in [0.2, 0.25) is 10.0 Å². The Labute approximate surface area is 190 Å². The molecule has 7 nitrogen and oxygen atoms in total. The van der Waals surface area contributed by atoms with E-state index in [2.05, 4.69) is 9.84 Å². The maximum Gasteiger partial charge on any atom is 0.342 e. The monoisotopic (exact) mass is 494 g/mol. The van der Waals surface area contributed by atoms with E-state index in [0.717, 1.165) is 16.9 Å². The van der Waals surface area contributed by atoms with E-state index >= 15 is 0 Å². The van der Waals surface area contributed by atoms with Gasteiger partial charge in [-0.15, -0.1) is 0 Å². The highest BCUT2D eigenvalue weighted by Crippen LogP contribution is 2.48. The number of anilines is 2. The number of hydrogen-bond donors (Lipinski definition) is 2. The number of esters is 1. The molecule has 0 spiro atoms. The molecule has 0 bridgehead atoms. The first kappa shape index (κ1) is 26.8. The third-order valence-corrected chi connectivity index (χ3v) is 7.47. The number of rotatable bonds is 8. The number of para-hydroxylation sites is 1. The van der Waals surface area contributed by atoms with Gasteiger partial charge in [0.05, 0.1) is 27.0 Å². The molecule has 166 valence electrons. The molecule has 0 saturated carbocycles. The van der Waals surface area contributed by atoms with Crippen molar-refractivity contribution in [3.05, 3.63) is 57.6 Å². The average Bonchev–Trinajstić information content (AvgIpc) is 2.75. The minimum Gasteiger partial charge on any atom is -0.435 e. The summed E-state index contributed by atoms with van der Waals surface area (Å²) >= 11 is 13.5. The van der Waals surface area contributed by atoms with Gasteiger partial charge in [-0.1, -0.05) is 52.8 Å². The molecule has 1 atom stereocenters. The van der Waals surface area contributed by atoms with E-state index in [4.69, 9.17) is 38.2 Å². The summed E-state index contributed by atoms with van der Waals surface area (Å²) in [5.74, 6) is -0.485. The molecule has 2 aromatic carbocycles. The minimum absolute atomic E-state index is 0.0877. The van der Waals surface area contributed by atoms with Crippen LogP contribution in [0.3, 0.4) is 0 Å². The van der Waals surface area contributed by atoms with E-state index < -0.39 is 12.7 Å². The Morgan fingerprint density at radius 2 is 1.90 bits per heavy atom. The van der Waals surface area contributed by atoms with Gasteiger partial charge in [0.2, 0.25) is 0 Å². The lowest BCUT2D eigenvalue weighted by Crippen LogP contribution is -2.11. The van der Waals surface area contributed by atoms with Crippen LogP contribution in [0.25, 0.3) is 0 Å². The second-order valence-corrected chi connectivity index (χ2v) is 10.9. The highest BCUT2D eigenvalue weighted by atomic mass is 35.5. The van der Waals surface area contributed by atoms with E-state index in [1.807, 2.05) is 19.9 Å². The molecule has 0 saturated heterocycles. The highest BCUT2D eigenvalue weighted by molar-refractivity contribution is 8.55. The van der Waals surface area contributed by atoms with Gasteiger partial charge in [-0.25, -0.2) is 4.79 Å². The van der Waals surface area contributed by atoms with Crippen LogP contribution in [0.5, 0.6) is 0 Å². The van der Waals surface area contributed by atoms with Crippen LogP contribution in [0.4, 0.5) is 11.4 Å². The molecule has 2 rings (SSSR count). The molecule has 0 aromatic heterocycles. The smallest absolute Gasteiger partial charge is 0.342 e. The van der Waals surface area contributed by atoms with E-state index in [0.29, 0.717) is 33.6 Å². The largest absolute Gasteiger partial charge is 0.435 e. The maximum atomic E-state index is 12.2.